The van der Waals surface area contributed by atoms with Gasteiger partial charge >= 0.3 is 0 Å². The van der Waals surface area contributed by atoms with Crippen molar-refractivity contribution in [2.75, 3.05) is 19.6 Å². The van der Waals surface area contributed by atoms with E-state index in [1.54, 1.807) is 0 Å². The van der Waals surface area contributed by atoms with Gasteiger partial charge in [0.1, 0.15) is 5.75 Å². The molecule has 0 bridgehead atoms. The normalized spacial score (nSPS) is 19.1. The van der Waals surface area contributed by atoms with Crippen LogP contribution < -0.4 is 15.4 Å². The van der Waals surface area contributed by atoms with Crippen molar-refractivity contribution in [1.29, 1.82) is 0 Å². The monoisotopic (exact) mass is 332 g/mol. The Balaban J connectivity index is 1.77. The minimum absolute atomic E-state index is 0.0376. The maximum Gasteiger partial charge on any atom is 0.260 e. The standard InChI is InChI=1S/C20H32N2O2/c1-14(2)19-8-7-18(12-15(19)3)24-16(4)20(23)22-11-9-17-6-5-10-21-13-17/h7-8,12,14,16-17,21H,5-6,9-11,13H2,1-4H3,(H,22,23). The maximum atomic E-state index is 12.2. The van der Waals surface area contributed by atoms with Crippen LogP contribution in [0.1, 0.15) is 57.1 Å². The second kappa shape index (κ2) is 9.07. The summed E-state index contributed by atoms with van der Waals surface area (Å²) in [5.74, 6) is 1.90. The molecule has 24 heavy (non-hydrogen) atoms. The van der Waals surface area contributed by atoms with E-state index in [1.807, 2.05) is 19.1 Å². The maximum absolute atomic E-state index is 12.2. The summed E-state index contributed by atoms with van der Waals surface area (Å²) in [6.45, 7) is 11.2. The van der Waals surface area contributed by atoms with Gasteiger partial charge in [0.2, 0.25) is 0 Å². The van der Waals surface area contributed by atoms with Crippen LogP contribution in [-0.2, 0) is 4.79 Å². The van der Waals surface area contributed by atoms with Crippen molar-refractivity contribution in [2.24, 2.45) is 5.92 Å². The number of carbonyl (C=O) groups excluding carboxylic acids is 1. The number of hydrogen-bond donors (Lipinski definition) is 2. The van der Waals surface area contributed by atoms with E-state index >= 15 is 0 Å². The predicted octanol–water partition coefficient (Wildman–Crippen LogP) is 3.39. The molecule has 1 fully saturated rings. The fraction of sp³-hybridized carbons (Fsp3) is 0.650. The summed E-state index contributed by atoms with van der Waals surface area (Å²) in [5.41, 5.74) is 2.53. The van der Waals surface area contributed by atoms with Gasteiger partial charge in [0.25, 0.3) is 5.91 Å². The average molecular weight is 332 g/mol. The number of piperidine rings is 1. The molecular weight excluding hydrogens is 300 g/mol. The van der Waals surface area contributed by atoms with Gasteiger partial charge in [0, 0.05) is 6.54 Å². The lowest BCUT2D eigenvalue weighted by molar-refractivity contribution is -0.127. The molecule has 1 saturated heterocycles. The Morgan fingerprint density at radius 3 is 2.79 bits per heavy atom. The summed E-state index contributed by atoms with van der Waals surface area (Å²) in [6.07, 6.45) is 3.06. The van der Waals surface area contributed by atoms with Gasteiger partial charge in [0.15, 0.2) is 6.10 Å². The Kier molecular flexibility index (Phi) is 7.10. The van der Waals surface area contributed by atoms with E-state index in [2.05, 4.69) is 37.5 Å². The third kappa shape index (κ3) is 5.52. The first-order valence-corrected chi connectivity index (χ1v) is 9.23. The second-order valence-electron chi connectivity index (χ2n) is 7.23. The summed E-state index contributed by atoms with van der Waals surface area (Å²) >= 11 is 0. The fourth-order valence-corrected chi connectivity index (χ4v) is 3.34. The van der Waals surface area contributed by atoms with E-state index < -0.39 is 6.10 Å². The van der Waals surface area contributed by atoms with Gasteiger partial charge in [-0.1, -0.05) is 19.9 Å². The molecule has 0 radical (unpaired) electrons. The highest BCUT2D eigenvalue weighted by Gasteiger charge is 2.17. The van der Waals surface area contributed by atoms with Crippen LogP contribution in [0, 0.1) is 12.8 Å². The van der Waals surface area contributed by atoms with Gasteiger partial charge in [-0.3, -0.25) is 4.79 Å². The average Bonchev–Trinajstić information content (AvgIpc) is 2.55. The summed E-state index contributed by atoms with van der Waals surface area (Å²) in [5, 5.41) is 6.41. The number of benzene rings is 1. The van der Waals surface area contributed by atoms with Crippen LogP contribution in [0.3, 0.4) is 0 Å². The smallest absolute Gasteiger partial charge is 0.260 e. The van der Waals surface area contributed by atoms with E-state index in [-0.39, 0.29) is 5.91 Å². The third-order valence-electron chi connectivity index (χ3n) is 4.80. The molecule has 4 nitrogen and oxygen atoms in total. The first-order chi connectivity index (χ1) is 11.5. The Morgan fingerprint density at radius 1 is 1.38 bits per heavy atom. The van der Waals surface area contributed by atoms with E-state index in [9.17, 15) is 4.79 Å². The summed E-state index contributed by atoms with van der Waals surface area (Å²) in [7, 11) is 0. The van der Waals surface area contributed by atoms with Gasteiger partial charge in [-0.25, -0.2) is 0 Å². The first kappa shape index (κ1) is 18.8. The molecule has 0 saturated carbocycles. The number of carbonyl (C=O) groups is 1. The van der Waals surface area contributed by atoms with Gasteiger partial charge in [-0.15, -0.1) is 0 Å². The molecule has 1 aromatic rings. The van der Waals surface area contributed by atoms with Crippen molar-refractivity contribution >= 4 is 5.91 Å². The minimum atomic E-state index is -0.473. The lowest BCUT2D eigenvalue weighted by atomic mass is 9.96. The van der Waals surface area contributed by atoms with Crippen LogP contribution in [0.5, 0.6) is 5.75 Å². The number of rotatable bonds is 7. The van der Waals surface area contributed by atoms with Crippen LogP contribution >= 0.6 is 0 Å². The molecule has 2 atom stereocenters. The molecule has 1 heterocycles. The molecule has 1 aromatic carbocycles. The third-order valence-corrected chi connectivity index (χ3v) is 4.80. The molecule has 0 aromatic heterocycles. The van der Waals surface area contributed by atoms with Gasteiger partial charge < -0.3 is 15.4 Å². The zero-order valence-electron chi connectivity index (χ0n) is 15.5. The molecule has 0 spiro atoms. The molecule has 1 aliphatic rings. The SMILES string of the molecule is Cc1cc(OC(C)C(=O)NCCC2CCCNC2)ccc1C(C)C. The zero-order chi connectivity index (χ0) is 17.5. The van der Waals surface area contributed by atoms with Crippen LogP contribution in [0.15, 0.2) is 18.2 Å². The predicted molar refractivity (Wildman–Crippen MR) is 98.6 cm³/mol. The number of aryl methyl sites for hydroxylation is 1. The number of hydrogen-bond acceptors (Lipinski definition) is 3. The number of ether oxygens (including phenoxy) is 1. The molecule has 4 heteroatoms. The molecule has 1 aliphatic heterocycles. The summed E-state index contributed by atoms with van der Waals surface area (Å²) < 4.78 is 5.81. The molecule has 0 aliphatic carbocycles. The molecule has 2 unspecified atom stereocenters. The Hall–Kier alpha value is -1.55. The van der Waals surface area contributed by atoms with Crippen LogP contribution in [0.25, 0.3) is 0 Å². The second-order valence-corrected chi connectivity index (χ2v) is 7.23. The van der Waals surface area contributed by atoms with E-state index in [0.717, 1.165) is 31.8 Å². The molecular formula is C20H32N2O2. The fourth-order valence-electron chi connectivity index (χ4n) is 3.34. The highest BCUT2D eigenvalue weighted by atomic mass is 16.5. The number of nitrogens with one attached hydrogen (secondary N) is 2. The molecule has 2 N–H and O–H groups in total. The van der Waals surface area contributed by atoms with Crippen LogP contribution in [-0.4, -0.2) is 31.6 Å². The van der Waals surface area contributed by atoms with E-state index in [1.165, 1.54) is 24.0 Å². The van der Waals surface area contributed by atoms with Crippen molar-refractivity contribution < 1.29 is 9.53 Å². The van der Waals surface area contributed by atoms with Crippen molar-refractivity contribution in [3.63, 3.8) is 0 Å². The van der Waals surface area contributed by atoms with Crippen LogP contribution in [0.2, 0.25) is 0 Å². The van der Waals surface area contributed by atoms with Gasteiger partial charge in [-0.05, 0) is 81.3 Å². The van der Waals surface area contributed by atoms with Gasteiger partial charge in [-0.2, -0.15) is 0 Å². The highest BCUT2D eigenvalue weighted by Crippen LogP contribution is 2.24. The number of amides is 1. The van der Waals surface area contributed by atoms with Crippen LogP contribution in [0.4, 0.5) is 0 Å². The lowest BCUT2D eigenvalue weighted by Gasteiger charge is -2.23. The summed E-state index contributed by atoms with van der Waals surface area (Å²) in [4.78, 5) is 12.2. The quantitative estimate of drug-likeness (QED) is 0.805. The lowest BCUT2D eigenvalue weighted by Crippen LogP contribution is -2.38. The summed E-state index contributed by atoms with van der Waals surface area (Å²) in [6, 6.07) is 6.07. The van der Waals surface area contributed by atoms with Crippen molar-refractivity contribution in [3.8, 4) is 5.75 Å². The Morgan fingerprint density at radius 2 is 2.17 bits per heavy atom. The first-order valence-electron chi connectivity index (χ1n) is 9.23. The Bertz CT molecular complexity index is 536. The van der Waals surface area contributed by atoms with Crippen molar-refractivity contribution in [3.05, 3.63) is 29.3 Å². The Labute approximate surface area is 146 Å². The topological polar surface area (TPSA) is 50.4 Å². The van der Waals surface area contributed by atoms with E-state index in [0.29, 0.717) is 11.8 Å². The molecule has 134 valence electrons. The van der Waals surface area contributed by atoms with Crippen molar-refractivity contribution in [2.45, 2.75) is 59.0 Å². The minimum Gasteiger partial charge on any atom is -0.481 e. The highest BCUT2D eigenvalue weighted by molar-refractivity contribution is 5.80. The largest absolute Gasteiger partial charge is 0.481 e. The molecule has 1 amide bonds. The van der Waals surface area contributed by atoms with Gasteiger partial charge in [0.05, 0.1) is 0 Å². The zero-order valence-corrected chi connectivity index (χ0v) is 15.5. The van der Waals surface area contributed by atoms with Crippen molar-refractivity contribution in [1.82, 2.24) is 10.6 Å². The van der Waals surface area contributed by atoms with E-state index in [4.69, 9.17) is 4.74 Å². The molecule has 2 rings (SSSR count).